The summed E-state index contributed by atoms with van der Waals surface area (Å²) in [6, 6.07) is 0. The second-order valence-corrected chi connectivity index (χ2v) is 15.3. The van der Waals surface area contributed by atoms with E-state index >= 15 is 0 Å². The van der Waals surface area contributed by atoms with Gasteiger partial charge in [-0.3, -0.25) is 4.79 Å². The molecule has 0 spiro atoms. The van der Waals surface area contributed by atoms with Gasteiger partial charge >= 0.3 is 5.97 Å². The van der Waals surface area contributed by atoms with Gasteiger partial charge in [0.05, 0.1) is 40.5 Å². The van der Waals surface area contributed by atoms with Crippen LogP contribution in [-0.2, 0) is 23.7 Å². The number of rotatable bonds is 31. The molecule has 2 bridgehead atoms. The van der Waals surface area contributed by atoms with Gasteiger partial charge in [-0.05, 0) is 25.7 Å². The number of ether oxygens (including phenoxy) is 4. The zero-order chi connectivity index (χ0) is 32.5. The van der Waals surface area contributed by atoms with Crippen molar-refractivity contribution in [2.24, 2.45) is 5.41 Å². The molecule has 3 saturated heterocycles. The van der Waals surface area contributed by atoms with E-state index in [9.17, 15) is 4.79 Å². The SMILES string of the molecule is CCCCCCCCCCCCCC[N+](C)(C)CCOC(=O)CCC12COC(CCCCCCCCCCCCC)(OC1)OC2. The number of quaternary nitrogens is 1. The highest BCUT2D eigenvalue weighted by atomic mass is 16.9. The fourth-order valence-electron chi connectivity index (χ4n) is 6.82. The summed E-state index contributed by atoms with van der Waals surface area (Å²) in [5, 5.41) is 0. The van der Waals surface area contributed by atoms with Gasteiger partial charge in [-0.2, -0.15) is 0 Å². The Morgan fingerprint density at radius 3 is 1.40 bits per heavy atom. The zero-order valence-electron chi connectivity index (χ0n) is 30.6. The average Bonchev–Trinajstić information content (AvgIpc) is 3.04. The predicted molar refractivity (Wildman–Crippen MR) is 187 cm³/mol. The molecule has 6 heteroatoms. The van der Waals surface area contributed by atoms with Gasteiger partial charge < -0.3 is 23.4 Å². The van der Waals surface area contributed by atoms with Crippen LogP contribution in [0.2, 0.25) is 0 Å². The molecule has 0 unspecified atom stereocenters. The molecule has 3 rings (SSSR count). The van der Waals surface area contributed by atoms with Crippen molar-refractivity contribution in [2.45, 2.75) is 187 Å². The van der Waals surface area contributed by atoms with E-state index in [1.165, 1.54) is 141 Å². The quantitative estimate of drug-likeness (QED) is 0.0430. The molecule has 0 amide bonds. The Morgan fingerprint density at radius 2 is 0.956 bits per heavy atom. The third kappa shape index (κ3) is 19.0. The summed E-state index contributed by atoms with van der Waals surface area (Å²) in [7, 11) is 4.51. The third-order valence-corrected chi connectivity index (χ3v) is 10.3. The summed E-state index contributed by atoms with van der Waals surface area (Å²) in [6.45, 7) is 8.90. The molecule has 0 aromatic rings. The van der Waals surface area contributed by atoms with Crippen LogP contribution < -0.4 is 0 Å². The van der Waals surface area contributed by atoms with Gasteiger partial charge in [-0.15, -0.1) is 0 Å². The second kappa shape index (κ2) is 24.5. The molecule has 3 aliphatic rings. The molecule has 0 radical (unpaired) electrons. The fourth-order valence-corrected chi connectivity index (χ4v) is 6.82. The first-order valence-electron chi connectivity index (χ1n) is 19.7. The van der Waals surface area contributed by atoms with Gasteiger partial charge in [-0.1, -0.05) is 142 Å². The van der Waals surface area contributed by atoms with Gasteiger partial charge in [-0.25, -0.2) is 0 Å². The maximum atomic E-state index is 12.6. The van der Waals surface area contributed by atoms with Crippen molar-refractivity contribution in [2.75, 3.05) is 53.6 Å². The highest BCUT2D eigenvalue weighted by Gasteiger charge is 2.52. The van der Waals surface area contributed by atoms with Crippen molar-refractivity contribution >= 4 is 5.97 Å². The minimum atomic E-state index is -0.849. The van der Waals surface area contributed by atoms with Crippen LogP contribution in [0.15, 0.2) is 0 Å². The van der Waals surface area contributed by atoms with E-state index in [0.29, 0.717) is 39.3 Å². The Hall–Kier alpha value is -0.690. The largest absolute Gasteiger partial charge is 0.460 e. The van der Waals surface area contributed by atoms with Crippen LogP contribution in [0.3, 0.4) is 0 Å². The molecule has 0 saturated carbocycles. The number of carbonyl (C=O) groups is 1. The lowest BCUT2D eigenvalue weighted by Gasteiger charge is -2.52. The number of hydrogen-bond acceptors (Lipinski definition) is 5. The smallest absolute Gasteiger partial charge is 0.306 e. The molecule has 0 aliphatic carbocycles. The maximum Gasteiger partial charge on any atom is 0.306 e. The summed E-state index contributed by atoms with van der Waals surface area (Å²) in [6.07, 6.45) is 33.0. The Bertz CT molecular complexity index is 702. The number of likely N-dealkylation sites (N-methyl/N-ethyl adjacent to an activating group) is 1. The molecule has 45 heavy (non-hydrogen) atoms. The van der Waals surface area contributed by atoms with Gasteiger partial charge in [0, 0.05) is 18.3 Å². The Balaban J connectivity index is 1.43. The zero-order valence-corrected chi connectivity index (χ0v) is 30.6. The van der Waals surface area contributed by atoms with Crippen molar-refractivity contribution in [3.8, 4) is 0 Å². The summed E-state index contributed by atoms with van der Waals surface area (Å²) >= 11 is 0. The molecule has 0 N–H and O–H groups in total. The van der Waals surface area contributed by atoms with E-state index in [4.69, 9.17) is 18.9 Å². The first-order chi connectivity index (χ1) is 21.8. The maximum absolute atomic E-state index is 12.6. The number of esters is 1. The predicted octanol–water partition coefficient (Wildman–Crippen LogP) is 10.5. The van der Waals surface area contributed by atoms with Crippen molar-refractivity contribution < 1.29 is 28.2 Å². The molecule has 6 nitrogen and oxygen atoms in total. The second-order valence-electron chi connectivity index (χ2n) is 15.3. The van der Waals surface area contributed by atoms with Crippen molar-refractivity contribution in [3.05, 3.63) is 0 Å². The van der Waals surface area contributed by atoms with Gasteiger partial charge in [0.1, 0.15) is 13.2 Å². The first kappa shape index (κ1) is 40.5. The van der Waals surface area contributed by atoms with E-state index in [1.54, 1.807) is 0 Å². The van der Waals surface area contributed by atoms with E-state index in [1.807, 2.05) is 0 Å². The summed E-state index contributed by atoms with van der Waals surface area (Å²) in [4.78, 5) is 12.6. The summed E-state index contributed by atoms with van der Waals surface area (Å²) < 4.78 is 24.9. The van der Waals surface area contributed by atoms with Crippen LogP contribution in [0.4, 0.5) is 0 Å². The van der Waals surface area contributed by atoms with Gasteiger partial charge in [0.25, 0.3) is 5.97 Å². The van der Waals surface area contributed by atoms with Crippen molar-refractivity contribution in [1.82, 2.24) is 0 Å². The Labute approximate surface area is 279 Å². The highest BCUT2D eigenvalue weighted by molar-refractivity contribution is 5.69. The van der Waals surface area contributed by atoms with Crippen LogP contribution >= 0.6 is 0 Å². The molecule has 3 heterocycles. The minimum absolute atomic E-state index is 0.113. The molecular formula is C39H76NO5+. The van der Waals surface area contributed by atoms with Gasteiger partial charge in [0.15, 0.2) is 0 Å². The number of carbonyl (C=O) groups excluding carboxylic acids is 1. The third-order valence-electron chi connectivity index (χ3n) is 10.3. The lowest BCUT2D eigenvalue weighted by atomic mass is 9.83. The van der Waals surface area contributed by atoms with E-state index in [-0.39, 0.29) is 11.4 Å². The van der Waals surface area contributed by atoms with E-state index in [0.717, 1.165) is 30.4 Å². The van der Waals surface area contributed by atoms with Crippen LogP contribution in [-0.4, -0.2) is 70.0 Å². The van der Waals surface area contributed by atoms with Crippen LogP contribution in [0.1, 0.15) is 181 Å². The number of unbranched alkanes of at least 4 members (excludes halogenated alkanes) is 21. The molecule has 3 aliphatic heterocycles. The van der Waals surface area contributed by atoms with Crippen LogP contribution in [0.25, 0.3) is 0 Å². The molecule has 0 aromatic carbocycles. The van der Waals surface area contributed by atoms with Crippen molar-refractivity contribution in [3.63, 3.8) is 0 Å². The lowest BCUT2D eigenvalue weighted by molar-refractivity contribution is -0.890. The molecule has 3 fully saturated rings. The fraction of sp³-hybridized carbons (Fsp3) is 0.974. The van der Waals surface area contributed by atoms with Gasteiger partial charge in [0.2, 0.25) is 0 Å². The lowest BCUT2D eigenvalue weighted by Crippen LogP contribution is -2.60. The molecule has 0 aromatic heterocycles. The normalized spacial score (nSPS) is 21.4. The minimum Gasteiger partial charge on any atom is -0.460 e. The monoisotopic (exact) mass is 639 g/mol. The van der Waals surface area contributed by atoms with Crippen LogP contribution in [0, 0.1) is 5.41 Å². The standard InChI is InChI=1S/C39H76NO5/c1-5-7-9-11-13-15-17-19-21-23-25-27-31-40(3,4)32-33-42-37(41)28-30-38-34-43-39(44-35-38,45-36-38)29-26-24-22-20-18-16-14-12-10-8-6-2/h5-36H2,1-4H3/q+1. The van der Waals surface area contributed by atoms with Crippen molar-refractivity contribution in [1.29, 1.82) is 0 Å². The van der Waals surface area contributed by atoms with E-state index < -0.39 is 5.97 Å². The number of hydrogen-bond donors (Lipinski definition) is 0. The molecule has 266 valence electrons. The average molecular weight is 639 g/mol. The Kier molecular flexibility index (Phi) is 22.0. The Morgan fingerprint density at radius 1 is 0.556 bits per heavy atom. The van der Waals surface area contributed by atoms with E-state index in [2.05, 4.69) is 27.9 Å². The summed E-state index contributed by atoms with van der Waals surface area (Å²) in [5.74, 6) is -0.961. The molecule has 0 atom stereocenters. The number of fused-ring (bicyclic) bond motifs is 3. The topological polar surface area (TPSA) is 54.0 Å². The summed E-state index contributed by atoms with van der Waals surface area (Å²) in [5.41, 5.74) is -0.220. The highest BCUT2D eigenvalue weighted by Crippen LogP contribution is 2.43. The molecular weight excluding hydrogens is 562 g/mol. The van der Waals surface area contributed by atoms with Crippen LogP contribution in [0.5, 0.6) is 0 Å². The number of nitrogens with zero attached hydrogens (tertiary/aromatic N) is 1. The first-order valence-corrected chi connectivity index (χ1v) is 19.7.